The fourth-order valence-electron chi connectivity index (χ4n) is 1.67. The van der Waals surface area contributed by atoms with E-state index in [1.54, 1.807) is 0 Å². The van der Waals surface area contributed by atoms with Crippen LogP contribution in [-0.2, 0) is 9.59 Å². The average molecular weight is 279 g/mol. The number of allylic oxidation sites excluding steroid dienone is 1. The van der Waals surface area contributed by atoms with Gasteiger partial charge >= 0.3 is 0 Å². The lowest BCUT2D eigenvalue weighted by atomic mass is 10.0. The number of ketones is 2. The zero-order valence-electron chi connectivity index (χ0n) is 11.2. The summed E-state index contributed by atoms with van der Waals surface area (Å²) in [6, 6.07) is 3.52. The quantitative estimate of drug-likeness (QED) is 0.221. The molecule has 0 heterocycles. The standard InChI is InChI=1S/C13H13NO6/c1-7(15)12(8(2)16)13(17)9-4-10(14(18)19)6-11(5-9)20-3/h4-6,17H,1-3H3. The van der Waals surface area contributed by atoms with Gasteiger partial charge in [-0.25, -0.2) is 0 Å². The third-order valence-corrected chi connectivity index (χ3v) is 2.55. The van der Waals surface area contributed by atoms with Gasteiger partial charge in [0.05, 0.1) is 18.1 Å². The molecule has 7 nitrogen and oxygen atoms in total. The maximum absolute atomic E-state index is 11.4. The number of rotatable bonds is 5. The average Bonchev–Trinajstić information content (AvgIpc) is 2.37. The largest absolute Gasteiger partial charge is 0.506 e. The number of nitro groups is 1. The fourth-order valence-corrected chi connectivity index (χ4v) is 1.67. The molecule has 0 unspecified atom stereocenters. The molecule has 1 aromatic rings. The Morgan fingerprint density at radius 1 is 1.20 bits per heavy atom. The molecule has 0 atom stereocenters. The predicted octanol–water partition coefficient (Wildman–Crippen LogP) is 2.05. The summed E-state index contributed by atoms with van der Waals surface area (Å²) < 4.78 is 4.89. The van der Waals surface area contributed by atoms with Crippen molar-refractivity contribution in [3.8, 4) is 5.75 Å². The van der Waals surface area contributed by atoms with Gasteiger partial charge in [0.25, 0.3) is 5.69 Å². The number of carbonyl (C=O) groups is 2. The molecule has 0 spiro atoms. The van der Waals surface area contributed by atoms with Crippen molar-refractivity contribution in [2.75, 3.05) is 7.11 Å². The van der Waals surface area contributed by atoms with Gasteiger partial charge in [-0.05, 0) is 19.9 Å². The van der Waals surface area contributed by atoms with Crippen LogP contribution in [0.25, 0.3) is 5.76 Å². The summed E-state index contributed by atoms with van der Waals surface area (Å²) >= 11 is 0. The van der Waals surface area contributed by atoms with Crippen molar-refractivity contribution >= 4 is 23.0 Å². The van der Waals surface area contributed by atoms with Gasteiger partial charge in [0.2, 0.25) is 0 Å². The molecular formula is C13H13NO6. The molecule has 20 heavy (non-hydrogen) atoms. The molecule has 0 amide bonds. The number of aliphatic hydroxyl groups excluding tert-OH is 1. The Bertz CT molecular complexity index is 601. The van der Waals surface area contributed by atoms with Crippen LogP contribution in [0.4, 0.5) is 5.69 Å². The lowest BCUT2D eigenvalue weighted by Gasteiger charge is -2.07. The molecule has 0 aliphatic heterocycles. The van der Waals surface area contributed by atoms with Crippen molar-refractivity contribution in [2.45, 2.75) is 13.8 Å². The van der Waals surface area contributed by atoms with Crippen LogP contribution in [0, 0.1) is 10.1 Å². The molecule has 0 aliphatic rings. The van der Waals surface area contributed by atoms with Crippen molar-refractivity contribution in [3.05, 3.63) is 39.4 Å². The highest BCUT2D eigenvalue weighted by Crippen LogP contribution is 2.27. The Labute approximate surface area is 114 Å². The molecule has 0 saturated carbocycles. The number of hydrogen-bond acceptors (Lipinski definition) is 6. The van der Waals surface area contributed by atoms with Crippen LogP contribution in [0.1, 0.15) is 19.4 Å². The number of methoxy groups -OCH3 is 1. The number of nitrogens with zero attached hydrogens (tertiary/aromatic N) is 1. The van der Waals surface area contributed by atoms with Crippen LogP contribution in [0.15, 0.2) is 23.8 Å². The monoisotopic (exact) mass is 279 g/mol. The van der Waals surface area contributed by atoms with Crippen molar-refractivity contribution in [2.24, 2.45) is 0 Å². The van der Waals surface area contributed by atoms with Crippen LogP contribution in [0.2, 0.25) is 0 Å². The molecule has 7 heteroatoms. The Hall–Kier alpha value is -2.70. The minimum absolute atomic E-state index is 0.0311. The van der Waals surface area contributed by atoms with Gasteiger partial charge in [0.15, 0.2) is 11.6 Å². The minimum Gasteiger partial charge on any atom is -0.506 e. The summed E-state index contributed by atoms with van der Waals surface area (Å²) in [5.41, 5.74) is -0.763. The zero-order valence-corrected chi connectivity index (χ0v) is 11.2. The van der Waals surface area contributed by atoms with E-state index in [-0.39, 0.29) is 17.0 Å². The number of nitro benzene ring substituents is 1. The topological polar surface area (TPSA) is 107 Å². The zero-order chi connectivity index (χ0) is 15.4. The lowest BCUT2D eigenvalue weighted by molar-refractivity contribution is -0.385. The lowest BCUT2D eigenvalue weighted by Crippen LogP contribution is -2.09. The summed E-state index contributed by atoms with van der Waals surface area (Å²) in [7, 11) is 1.31. The summed E-state index contributed by atoms with van der Waals surface area (Å²) in [6.07, 6.45) is 0. The van der Waals surface area contributed by atoms with E-state index in [1.807, 2.05) is 0 Å². The Morgan fingerprint density at radius 3 is 2.15 bits per heavy atom. The number of carbonyl (C=O) groups excluding carboxylic acids is 2. The fraction of sp³-hybridized carbons (Fsp3) is 0.231. The molecule has 1 rings (SSSR count). The summed E-state index contributed by atoms with van der Waals surface area (Å²) in [6.45, 7) is 2.25. The van der Waals surface area contributed by atoms with Crippen molar-refractivity contribution in [3.63, 3.8) is 0 Å². The van der Waals surface area contributed by atoms with E-state index in [0.29, 0.717) is 0 Å². The van der Waals surface area contributed by atoms with E-state index in [1.165, 1.54) is 13.2 Å². The molecule has 1 aromatic carbocycles. The normalized spacial score (nSPS) is 9.75. The SMILES string of the molecule is COc1cc(C(O)=C(C(C)=O)C(C)=O)cc([N+](=O)[O-])c1. The van der Waals surface area contributed by atoms with Gasteiger partial charge in [-0.3, -0.25) is 19.7 Å². The molecule has 0 saturated heterocycles. The minimum atomic E-state index is -0.666. The van der Waals surface area contributed by atoms with Crippen molar-refractivity contribution < 1.29 is 24.4 Å². The van der Waals surface area contributed by atoms with E-state index in [0.717, 1.165) is 26.0 Å². The molecule has 106 valence electrons. The molecule has 0 fully saturated rings. The van der Waals surface area contributed by atoms with Gasteiger partial charge in [-0.15, -0.1) is 0 Å². The third kappa shape index (κ3) is 3.19. The number of ether oxygens (including phenoxy) is 1. The first-order valence-corrected chi connectivity index (χ1v) is 5.57. The molecular weight excluding hydrogens is 266 g/mol. The second kappa shape index (κ2) is 5.96. The number of benzene rings is 1. The smallest absolute Gasteiger partial charge is 0.273 e. The van der Waals surface area contributed by atoms with Crippen LogP contribution in [0.3, 0.4) is 0 Å². The van der Waals surface area contributed by atoms with E-state index < -0.39 is 27.8 Å². The Balaban J connectivity index is 3.56. The molecule has 0 bridgehead atoms. The summed E-state index contributed by atoms with van der Waals surface area (Å²) in [5.74, 6) is -1.72. The predicted molar refractivity (Wildman–Crippen MR) is 70.6 cm³/mol. The number of hydrogen-bond donors (Lipinski definition) is 1. The molecule has 0 radical (unpaired) electrons. The maximum atomic E-state index is 11.4. The van der Waals surface area contributed by atoms with Crippen molar-refractivity contribution in [1.29, 1.82) is 0 Å². The van der Waals surface area contributed by atoms with E-state index >= 15 is 0 Å². The second-order valence-electron chi connectivity index (χ2n) is 4.01. The van der Waals surface area contributed by atoms with Gasteiger partial charge < -0.3 is 9.84 Å². The first-order valence-electron chi connectivity index (χ1n) is 5.57. The van der Waals surface area contributed by atoms with Gasteiger partial charge in [0.1, 0.15) is 17.1 Å². The van der Waals surface area contributed by atoms with Crippen LogP contribution in [-0.4, -0.2) is 28.7 Å². The molecule has 1 N–H and O–H groups in total. The van der Waals surface area contributed by atoms with Crippen LogP contribution >= 0.6 is 0 Å². The highest BCUT2D eigenvalue weighted by atomic mass is 16.6. The first-order chi connectivity index (χ1) is 9.27. The highest BCUT2D eigenvalue weighted by molar-refractivity contribution is 6.22. The maximum Gasteiger partial charge on any atom is 0.273 e. The van der Waals surface area contributed by atoms with Crippen molar-refractivity contribution in [1.82, 2.24) is 0 Å². The van der Waals surface area contributed by atoms with Crippen LogP contribution in [0.5, 0.6) is 5.75 Å². The van der Waals surface area contributed by atoms with E-state index in [2.05, 4.69) is 0 Å². The third-order valence-electron chi connectivity index (χ3n) is 2.55. The van der Waals surface area contributed by atoms with E-state index in [9.17, 15) is 24.8 Å². The number of Topliss-reactive ketones (excluding diaryl/α,β-unsaturated/α-hetero) is 2. The second-order valence-corrected chi connectivity index (χ2v) is 4.01. The van der Waals surface area contributed by atoms with E-state index in [4.69, 9.17) is 4.74 Å². The molecule has 0 aliphatic carbocycles. The van der Waals surface area contributed by atoms with Crippen LogP contribution < -0.4 is 4.74 Å². The van der Waals surface area contributed by atoms with Gasteiger partial charge in [0, 0.05) is 11.6 Å². The number of non-ortho nitro benzene ring substituents is 1. The summed E-state index contributed by atoms with van der Waals surface area (Å²) in [5, 5.41) is 20.8. The summed E-state index contributed by atoms with van der Waals surface area (Å²) in [4.78, 5) is 32.9. The first kappa shape index (κ1) is 15.4. The Kier molecular flexibility index (Phi) is 4.58. The number of aliphatic hydroxyl groups is 1. The van der Waals surface area contributed by atoms with Gasteiger partial charge in [-0.2, -0.15) is 0 Å². The Morgan fingerprint density at radius 2 is 1.75 bits per heavy atom. The molecule has 0 aromatic heterocycles. The highest BCUT2D eigenvalue weighted by Gasteiger charge is 2.20. The van der Waals surface area contributed by atoms with Gasteiger partial charge in [-0.1, -0.05) is 0 Å².